The van der Waals surface area contributed by atoms with Crippen molar-refractivity contribution in [1.82, 2.24) is 4.98 Å². The summed E-state index contributed by atoms with van der Waals surface area (Å²) < 4.78 is 5.43. The Bertz CT molecular complexity index is 586. The number of ether oxygens (including phenoxy) is 1. The lowest BCUT2D eigenvalue weighted by Crippen LogP contribution is -2.32. The lowest BCUT2D eigenvalue weighted by molar-refractivity contribution is 0.408. The molecule has 0 saturated heterocycles. The largest absolute Gasteiger partial charge is 0.496 e. The van der Waals surface area contributed by atoms with Crippen LogP contribution in [-0.2, 0) is 13.0 Å². The smallest absolute Gasteiger partial charge is 0.122 e. The Kier molecular flexibility index (Phi) is 5.17. The monoisotopic (exact) mass is 285 g/mol. The molecule has 0 fully saturated rings. The summed E-state index contributed by atoms with van der Waals surface area (Å²) >= 11 is 0. The second kappa shape index (κ2) is 7.09. The lowest BCUT2D eigenvalue weighted by Gasteiger charge is -2.29. The van der Waals surface area contributed by atoms with Gasteiger partial charge in [-0.1, -0.05) is 18.2 Å². The van der Waals surface area contributed by atoms with Crippen LogP contribution >= 0.6 is 0 Å². The summed E-state index contributed by atoms with van der Waals surface area (Å²) in [5.41, 5.74) is 8.99. The highest BCUT2D eigenvalue weighted by atomic mass is 16.5. The van der Waals surface area contributed by atoms with Crippen molar-refractivity contribution in [3.63, 3.8) is 0 Å². The van der Waals surface area contributed by atoms with Gasteiger partial charge in [0.25, 0.3) is 0 Å². The number of hydrogen-bond acceptors (Lipinski definition) is 4. The zero-order chi connectivity index (χ0) is 15.2. The number of likely N-dealkylation sites (N-methyl/N-ethyl adjacent to an activating group) is 1. The van der Waals surface area contributed by atoms with Crippen molar-refractivity contribution < 1.29 is 4.74 Å². The molecule has 0 radical (unpaired) electrons. The first-order valence-electron chi connectivity index (χ1n) is 7.16. The standard InChI is InChI=1S/C17H23N3O/c1-13(11-14-7-4-5-9-17(14)21-3)20(2)16-8-6-10-19-15(16)12-18/h4-10,13H,11-12,18H2,1-3H3. The molecule has 0 aliphatic carbocycles. The molecule has 1 aromatic carbocycles. The van der Waals surface area contributed by atoms with Gasteiger partial charge < -0.3 is 15.4 Å². The first-order valence-corrected chi connectivity index (χ1v) is 7.16. The van der Waals surface area contributed by atoms with E-state index < -0.39 is 0 Å². The lowest BCUT2D eigenvalue weighted by atomic mass is 10.0. The number of rotatable bonds is 6. The summed E-state index contributed by atoms with van der Waals surface area (Å²) in [4.78, 5) is 6.57. The number of nitrogens with two attached hydrogens (primary N) is 1. The van der Waals surface area contributed by atoms with Crippen molar-refractivity contribution in [1.29, 1.82) is 0 Å². The molecular formula is C17H23N3O. The number of hydrogen-bond donors (Lipinski definition) is 1. The fourth-order valence-electron chi connectivity index (χ4n) is 2.47. The van der Waals surface area contributed by atoms with E-state index in [1.807, 2.05) is 24.3 Å². The predicted octanol–water partition coefficient (Wildman–Crippen LogP) is 2.62. The minimum atomic E-state index is 0.316. The number of anilines is 1. The van der Waals surface area contributed by atoms with Crippen LogP contribution in [0.5, 0.6) is 5.75 Å². The fraction of sp³-hybridized carbons (Fsp3) is 0.353. The van der Waals surface area contributed by atoms with Crippen LogP contribution < -0.4 is 15.4 Å². The molecule has 4 heteroatoms. The van der Waals surface area contributed by atoms with Gasteiger partial charge in [0.2, 0.25) is 0 Å². The average Bonchev–Trinajstić information content (AvgIpc) is 2.54. The van der Waals surface area contributed by atoms with Crippen LogP contribution in [-0.4, -0.2) is 25.2 Å². The normalized spacial score (nSPS) is 12.0. The molecule has 2 N–H and O–H groups in total. The fourth-order valence-corrected chi connectivity index (χ4v) is 2.47. The first kappa shape index (κ1) is 15.3. The summed E-state index contributed by atoms with van der Waals surface area (Å²) in [5.74, 6) is 0.933. The number of nitrogens with zero attached hydrogens (tertiary/aromatic N) is 2. The predicted molar refractivity (Wildman–Crippen MR) is 86.7 cm³/mol. The van der Waals surface area contributed by atoms with Crippen LogP contribution in [0.2, 0.25) is 0 Å². The van der Waals surface area contributed by atoms with Gasteiger partial charge >= 0.3 is 0 Å². The topological polar surface area (TPSA) is 51.4 Å². The third-order valence-electron chi connectivity index (χ3n) is 3.81. The van der Waals surface area contributed by atoms with Crippen molar-refractivity contribution in [2.75, 3.05) is 19.1 Å². The van der Waals surface area contributed by atoms with Gasteiger partial charge in [-0.3, -0.25) is 4.98 Å². The summed E-state index contributed by atoms with van der Waals surface area (Å²) in [6.07, 6.45) is 2.68. The number of pyridine rings is 1. The van der Waals surface area contributed by atoms with Gasteiger partial charge in [0.1, 0.15) is 5.75 Å². The quantitative estimate of drug-likeness (QED) is 0.886. The Labute approximate surface area is 126 Å². The molecule has 0 bridgehead atoms. The van der Waals surface area contributed by atoms with Crippen molar-refractivity contribution in [2.45, 2.75) is 25.9 Å². The highest BCUT2D eigenvalue weighted by molar-refractivity contribution is 5.51. The Balaban J connectivity index is 2.17. The third kappa shape index (κ3) is 3.52. The molecule has 0 amide bonds. The Hall–Kier alpha value is -2.07. The molecule has 1 heterocycles. The maximum atomic E-state index is 5.78. The van der Waals surface area contributed by atoms with Crippen molar-refractivity contribution in [2.24, 2.45) is 5.73 Å². The summed E-state index contributed by atoms with van der Waals surface area (Å²) in [6.45, 7) is 2.64. The number of methoxy groups -OCH3 is 1. The van der Waals surface area contributed by atoms with E-state index in [1.165, 1.54) is 5.56 Å². The first-order chi connectivity index (χ1) is 10.2. The minimum absolute atomic E-state index is 0.316. The van der Waals surface area contributed by atoms with Gasteiger partial charge in [0.05, 0.1) is 18.5 Å². The zero-order valence-corrected chi connectivity index (χ0v) is 12.9. The van der Waals surface area contributed by atoms with Gasteiger partial charge in [-0.05, 0) is 37.1 Å². The highest BCUT2D eigenvalue weighted by Crippen LogP contribution is 2.24. The maximum Gasteiger partial charge on any atom is 0.122 e. The van der Waals surface area contributed by atoms with E-state index in [4.69, 9.17) is 10.5 Å². The molecule has 2 aromatic rings. The number of aromatic nitrogens is 1. The van der Waals surface area contributed by atoms with Crippen LogP contribution in [0, 0.1) is 0 Å². The molecule has 4 nitrogen and oxygen atoms in total. The Morgan fingerprint density at radius 1 is 1.24 bits per heavy atom. The van der Waals surface area contributed by atoms with Crippen molar-refractivity contribution in [3.05, 3.63) is 53.9 Å². The van der Waals surface area contributed by atoms with E-state index in [0.717, 1.165) is 23.6 Å². The van der Waals surface area contributed by atoms with Gasteiger partial charge in [-0.2, -0.15) is 0 Å². The molecule has 1 unspecified atom stereocenters. The van der Waals surface area contributed by atoms with E-state index in [-0.39, 0.29) is 0 Å². The molecule has 0 saturated carbocycles. The van der Waals surface area contributed by atoms with E-state index in [1.54, 1.807) is 13.3 Å². The van der Waals surface area contributed by atoms with Gasteiger partial charge in [-0.15, -0.1) is 0 Å². The molecule has 21 heavy (non-hydrogen) atoms. The van der Waals surface area contributed by atoms with Gasteiger partial charge in [0.15, 0.2) is 0 Å². The molecule has 0 aliphatic rings. The van der Waals surface area contributed by atoms with E-state index in [2.05, 4.69) is 36.0 Å². The second-order valence-corrected chi connectivity index (χ2v) is 5.15. The average molecular weight is 285 g/mol. The van der Waals surface area contributed by atoms with Crippen LogP contribution in [0.15, 0.2) is 42.6 Å². The highest BCUT2D eigenvalue weighted by Gasteiger charge is 2.15. The number of benzene rings is 1. The molecule has 112 valence electrons. The zero-order valence-electron chi connectivity index (χ0n) is 12.9. The molecule has 1 atom stereocenters. The Morgan fingerprint density at radius 3 is 2.71 bits per heavy atom. The van der Waals surface area contributed by atoms with E-state index >= 15 is 0 Å². The third-order valence-corrected chi connectivity index (χ3v) is 3.81. The molecule has 1 aromatic heterocycles. The molecule has 0 aliphatic heterocycles. The van der Waals surface area contributed by atoms with Gasteiger partial charge in [-0.25, -0.2) is 0 Å². The summed E-state index contributed by atoms with van der Waals surface area (Å²) in [6, 6.07) is 12.5. The maximum absolute atomic E-state index is 5.78. The summed E-state index contributed by atoms with van der Waals surface area (Å²) in [5, 5.41) is 0. The van der Waals surface area contributed by atoms with E-state index in [0.29, 0.717) is 12.6 Å². The van der Waals surface area contributed by atoms with Crippen LogP contribution in [0.3, 0.4) is 0 Å². The second-order valence-electron chi connectivity index (χ2n) is 5.15. The van der Waals surface area contributed by atoms with Crippen LogP contribution in [0.1, 0.15) is 18.2 Å². The van der Waals surface area contributed by atoms with Crippen molar-refractivity contribution in [3.8, 4) is 5.75 Å². The Morgan fingerprint density at radius 2 is 2.00 bits per heavy atom. The van der Waals surface area contributed by atoms with Crippen LogP contribution in [0.25, 0.3) is 0 Å². The summed E-state index contributed by atoms with van der Waals surface area (Å²) in [7, 11) is 3.79. The van der Waals surface area contributed by atoms with Crippen molar-refractivity contribution >= 4 is 5.69 Å². The molecule has 2 rings (SSSR count). The minimum Gasteiger partial charge on any atom is -0.496 e. The van der Waals surface area contributed by atoms with E-state index in [9.17, 15) is 0 Å². The van der Waals surface area contributed by atoms with Crippen LogP contribution in [0.4, 0.5) is 5.69 Å². The molecule has 0 spiro atoms. The number of para-hydroxylation sites is 1. The van der Waals surface area contributed by atoms with Gasteiger partial charge in [0, 0.05) is 25.8 Å². The molecular weight excluding hydrogens is 262 g/mol. The SMILES string of the molecule is COc1ccccc1CC(C)N(C)c1cccnc1CN.